The molecule has 1 aliphatic rings. The van der Waals surface area contributed by atoms with Crippen molar-refractivity contribution >= 4 is 23.2 Å². The zero-order chi connectivity index (χ0) is 18.2. The van der Waals surface area contributed by atoms with E-state index in [-0.39, 0.29) is 18.4 Å². The molecule has 2 amide bonds. The topological polar surface area (TPSA) is 52.7 Å². The van der Waals surface area contributed by atoms with Gasteiger partial charge in [0, 0.05) is 37.9 Å². The number of nitrogens with zero attached hydrogens (tertiary/aromatic N) is 2. The number of piperidine rings is 1. The number of anilines is 2. The van der Waals surface area contributed by atoms with E-state index >= 15 is 0 Å². The minimum atomic E-state index is -0.120. The lowest BCUT2D eigenvalue weighted by molar-refractivity contribution is -0.123. The summed E-state index contributed by atoms with van der Waals surface area (Å²) in [6.45, 7) is 8.77. The Morgan fingerprint density at radius 3 is 2.40 bits per heavy atom. The van der Waals surface area contributed by atoms with Crippen LogP contribution in [0.1, 0.15) is 46.5 Å². The van der Waals surface area contributed by atoms with E-state index in [1.807, 2.05) is 12.1 Å². The largest absolute Gasteiger partial charge is 0.372 e. The zero-order valence-corrected chi connectivity index (χ0v) is 15.8. The molecule has 1 saturated heterocycles. The van der Waals surface area contributed by atoms with Crippen molar-refractivity contribution in [3.05, 3.63) is 24.3 Å². The molecule has 5 heteroatoms. The quantitative estimate of drug-likeness (QED) is 0.772. The first kappa shape index (κ1) is 19.3. The predicted molar refractivity (Wildman–Crippen MR) is 103 cm³/mol. The average molecular weight is 345 g/mol. The highest BCUT2D eigenvalue weighted by Crippen LogP contribution is 2.25. The van der Waals surface area contributed by atoms with E-state index in [1.165, 1.54) is 30.4 Å². The summed E-state index contributed by atoms with van der Waals surface area (Å²) in [4.78, 5) is 27.9. The van der Waals surface area contributed by atoms with Crippen LogP contribution in [0.25, 0.3) is 0 Å². The highest BCUT2D eigenvalue weighted by atomic mass is 16.2. The molecule has 0 aliphatic carbocycles. The van der Waals surface area contributed by atoms with Crippen molar-refractivity contribution in [2.45, 2.75) is 46.5 Å². The van der Waals surface area contributed by atoms with Gasteiger partial charge < -0.3 is 15.1 Å². The zero-order valence-electron chi connectivity index (χ0n) is 15.8. The normalized spacial score (nSPS) is 15.1. The van der Waals surface area contributed by atoms with Gasteiger partial charge in [-0.3, -0.25) is 9.59 Å². The molecule has 5 nitrogen and oxygen atoms in total. The number of amides is 2. The number of carbonyl (C=O) groups excluding carboxylic acids is 2. The summed E-state index contributed by atoms with van der Waals surface area (Å²) in [6, 6.07) is 7.98. The SMILES string of the molecule is CCCCNC(=O)CN(C(C)=O)c1ccc(N2CCC(C)CC2)cc1. The maximum atomic E-state index is 12.0. The molecule has 0 atom stereocenters. The fourth-order valence-corrected chi connectivity index (χ4v) is 3.10. The summed E-state index contributed by atoms with van der Waals surface area (Å²) in [6.07, 6.45) is 4.43. The van der Waals surface area contributed by atoms with E-state index in [9.17, 15) is 9.59 Å². The van der Waals surface area contributed by atoms with Crippen LogP contribution in [-0.4, -0.2) is 38.0 Å². The lowest BCUT2D eigenvalue weighted by Gasteiger charge is -2.32. The maximum Gasteiger partial charge on any atom is 0.240 e. The van der Waals surface area contributed by atoms with Crippen LogP contribution in [0, 0.1) is 5.92 Å². The van der Waals surface area contributed by atoms with E-state index < -0.39 is 0 Å². The van der Waals surface area contributed by atoms with E-state index in [4.69, 9.17) is 0 Å². The van der Waals surface area contributed by atoms with Gasteiger partial charge in [0.05, 0.1) is 0 Å². The minimum Gasteiger partial charge on any atom is -0.372 e. The van der Waals surface area contributed by atoms with Gasteiger partial charge in [-0.25, -0.2) is 0 Å². The van der Waals surface area contributed by atoms with Crippen LogP contribution in [0.3, 0.4) is 0 Å². The monoisotopic (exact) mass is 345 g/mol. The molecule has 0 saturated carbocycles. The molecule has 0 aromatic heterocycles. The van der Waals surface area contributed by atoms with Gasteiger partial charge in [0.15, 0.2) is 0 Å². The van der Waals surface area contributed by atoms with Gasteiger partial charge >= 0.3 is 0 Å². The highest BCUT2D eigenvalue weighted by Gasteiger charge is 2.18. The van der Waals surface area contributed by atoms with Crippen molar-refractivity contribution < 1.29 is 9.59 Å². The van der Waals surface area contributed by atoms with Gasteiger partial charge in [-0.1, -0.05) is 20.3 Å². The minimum absolute atomic E-state index is 0.0691. The van der Waals surface area contributed by atoms with Crippen LogP contribution >= 0.6 is 0 Å². The highest BCUT2D eigenvalue weighted by molar-refractivity contribution is 5.97. The molecular weight excluding hydrogens is 314 g/mol. The Morgan fingerprint density at radius 1 is 1.20 bits per heavy atom. The Kier molecular flexibility index (Phi) is 7.29. The van der Waals surface area contributed by atoms with Crippen LogP contribution in [0.2, 0.25) is 0 Å². The van der Waals surface area contributed by atoms with Crippen LogP contribution in [0.15, 0.2) is 24.3 Å². The van der Waals surface area contributed by atoms with Crippen molar-refractivity contribution in [2.24, 2.45) is 5.92 Å². The van der Waals surface area contributed by atoms with Crippen molar-refractivity contribution in [1.29, 1.82) is 0 Å². The second-order valence-electron chi connectivity index (χ2n) is 6.99. The predicted octanol–water partition coefficient (Wildman–Crippen LogP) is 3.19. The second kappa shape index (κ2) is 9.44. The molecule has 1 heterocycles. The van der Waals surface area contributed by atoms with Gasteiger partial charge in [-0.2, -0.15) is 0 Å². The molecule has 1 fully saturated rings. The van der Waals surface area contributed by atoms with Crippen LogP contribution in [0.5, 0.6) is 0 Å². The lowest BCUT2D eigenvalue weighted by Crippen LogP contribution is -2.40. The third-order valence-corrected chi connectivity index (χ3v) is 4.84. The molecule has 25 heavy (non-hydrogen) atoms. The fourth-order valence-electron chi connectivity index (χ4n) is 3.10. The summed E-state index contributed by atoms with van der Waals surface area (Å²) in [5.74, 6) is 0.567. The molecule has 0 radical (unpaired) electrons. The Bertz CT molecular complexity index is 563. The molecule has 1 aromatic rings. The first-order chi connectivity index (χ1) is 12.0. The van der Waals surface area contributed by atoms with E-state index in [2.05, 4.69) is 36.2 Å². The Morgan fingerprint density at radius 2 is 1.84 bits per heavy atom. The van der Waals surface area contributed by atoms with Gasteiger partial charge in [0.25, 0.3) is 0 Å². The van der Waals surface area contributed by atoms with Gasteiger partial charge in [0.1, 0.15) is 6.54 Å². The van der Waals surface area contributed by atoms with Crippen molar-refractivity contribution in [3.63, 3.8) is 0 Å². The molecule has 0 unspecified atom stereocenters. The average Bonchev–Trinajstić information content (AvgIpc) is 2.60. The summed E-state index contributed by atoms with van der Waals surface area (Å²) < 4.78 is 0. The molecule has 138 valence electrons. The van der Waals surface area contributed by atoms with Crippen molar-refractivity contribution in [3.8, 4) is 0 Å². The second-order valence-corrected chi connectivity index (χ2v) is 6.99. The third kappa shape index (κ3) is 5.76. The van der Waals surface area contributed by atoms with Crippen LogP contribution in [0.4, 0.5) is 11.4 Å². The summed E-state index contributed by atoms with van der Waals surface area (Å²) in [5.41, 5.74) is 1.96. The number of unbranched alkanes of at least 4 members (excludes halogenated alkanes) is 1. The smallest absolute Gasteiger partial charge is 0.240 e. The number of hydrogen-bond acceptors (Lipinski definition) is 3. The van der Waals surface area contributed by atoms with Gasteiger partial charge in [-0.05, 0) is 49.4 Å². The van der Waals surface area contributed by atoms with E-state index in [0.717, 1.165) is 37.5 Å². The number of carbonyl (C=O) groups is 2. The Balaban J connectivity index is 1.99. The van der Waals surface area contributed by atoms with Crippen LogP contribution < -0.4 is 15.1 Å². The summed E-state index contributed by atoms with van der Waals surface area (Å²) in [7, 11) is 0. The van der Waals surface area contributed by atoms with Gasteiger partial charge in [-0.15, -0.1) is 0 Å². The Labute approximate surface area is 151 Å². The van der Waals surface area contributed by atoms with Crippen molar-refractivity contribution in [2.75, 3.05) is 36.0 Å². The molecular formula is C20H31N3O2. The number of hydrogen-bond donors (Lipinski definition) is 1. The first-order valence-corrected chi connectivity index (χ1v) is 9.41. The standard InChI is InChI=1S/C20H31N3O2/c1-4-5-12-21-20(25)15-23(17(3)24)19-8-6-18(7-9-19)22-13-10-16(2)11-14-22/h6-9,16H,4-5,10-15H2,1-3H3,(H,21,25). The van der Waals surface area contributed by atoms with Crippen LogP contribution in [-0.2, 0) is 9.59 Å². The maximum absolute atomic E-state index is 12.0. The summed E-state index contributed by atoms with van der Waals surface area (Å²) in [5, 5.41) is 2.86. The third-order valence-electron chi connectivity index (χ3n) is 4.84. The molecule has 2 rings (SSSR count). The number of benzene rings is 1. The molecule has 1 aromatic carbocycles. The number of rotatable bonds is 7. The molecule has 1 aliphatic heterocycles. The molecule has 0 spiro atoms. The van der Waals surface area contributed by atoms with E-state index in [1.54, 1.807) is 0 Å². The lowest BCUT2D eigenvalue weighted by atomic mass is 9.99. The summed E-state index contributed by atoms with van der Waals surface area (Å²) >= 11 is 0. The first-order valence-electron chi connectivity index (χ1n) is 9.41. The van der Waals surface area contributed by atoms with Crippen molar-refractivity contribution in [1.82, 2.24) is 5.32 Å². The molecule has 0 bridgehead atoms. The molecule has 1 N–H and O–H groups in total. The Hall–Kier alpha value is -2.04. The van der Waals surface area contributed by atoms with Gasteiger partial charge in [0.2, 0.25) is 11.8 Å². The number of nitrogens with one attached hydrogen (secondary N) is 1. The fraction of sp³-hybridized carbons (Fsp3) is 0.600. The van der Waals surface area contributed by atoms with E-state index in [0.29, 0.717) is 6.54 Å².